The van der Waals surface area contributed by atoms with Gasteiger partial charge in [0.1, 0.15) is 5.75 Å². The number of aromatic nitrogens is 1. The van der Waals surface area contributed by atoms with Crippen LogP contribution in [0.5, 0.6) is 5.75 Å². The Labute approximate surface area is 109 Å². The molecule has 18 heavy (non-hydrogen) atoms. The average molecular weight is 256 g/mol. The van der Waals surface area contributed by atoms with Gasteiger partial charge in [-0.2, -0.15) is 0 Å². The molecule has 2 nitrogen and oxygen atoms in total. The van der Waals surface area contributed by atoms with E-state index in [1.807, 2.05) is 36.5 Å². The van der Waals surface area contributed by atoms with E-state index in [2.05, 4.69) is 4.98 Å². The maximum atomic E-state index is 9.46. The maximum Gasteiger partial charge on any atom is 0.134 e. The van der Waals surface area contributed by atoms with Crippen LogP contribution in [-0.2, 0) is 0 Å². The van der Waals surface area contributed by atoms with E-state index < -0.39 is 0 Å². The number of aromatic hydroxyl groups is 1. The Balaban J connectivity index is 2.28. The zero-order valence-corrected chi connectivity index (χ0v) is 10.2. The summed E-state index contributed by atoms with van der Waals surface area (Å²) in [5.74, 6) is 0.0961. The molecule has 0 amide bonds. The Morgan fingerprint density at radius 2 is 1.94 bits per heavy atom. The van der Waals surface area contributed by atoms with Crippen molar-refractivity contribution in [3.8, 4) is 16.9 Å². The molecule has 0 aliphatic carbocycles. The Morgan fingerprint density at radius 3 is 2.78 bits per heavy atom. The highest BCUT2D eigenvalue weighted by Crippen LogP contribution is 2.32. The molecule has 1 heterocycles. The van der Waals surface area contributed by atoms with Crippen LogP contribution < -0.4 is 0 Å². The SMILES string of the molecule is Oc1ccc(-c2cccc3ccncc23)cc1Cl. The lowest BCUT2D eigenvalue weighted by atomic mass is 10.00. The third-order valence-electron chi connectivity index (χ3n) is 2.94. The second-order valence-electron chi connectivity index (χ2n) is 4.07. The second-order valence-corrected chi connectivity index (χ2v) is 4.48. The van der Waals surface area contributed by atoms with Gasteiger partial charge in [-0.25, -0.2) is 0 Å². The van der Waals surface area contributed by atoms with E-state index in [4.69, 9.17) is 11.6 Å². The van der Waals surface area contributed by atoms with E-state index in [1.165, 1.54) is 0 Å². The van der Waals surface area contributed by atoms with Gasteiger partial charge in [-0.1, -0.05) is 35.9 Å². The first-order valence-electron chi connectivity index (χ1n) is 5.57. The molecular formula is C15H10ClNO. The van der Waals surface area contributed by atoms with Crippen LogP contribution in [0.3, 0.4) is 0 Å². The van der Waals surface area contributed by atoms with Crippen molar-refractivity contribution in [2.45, 2.75) is 0 Å². The number of hydrogen-bond donors (Lipinski definition) is 1. The summed E-state index contributed by atoms with van der Waals surface area (Å²) in [4.78, 5) is 4.16. The predicted molar refractivity (Wildman–Crippen MR) is 73.9 cm³/mol. The molecule has 1 aromatic heterocycles. The quantitative estimate of drug-likeness (QED) is 0.705. The van der Waals surface area contributed by atoms with Gasteiger partial charge in [-0.05, 0) is 34.7 Å². The fraction of sp³-hybridized carbons (Fsp3) is 0. The van der Waals surface area contributed by atoms with Crippen molar-refractivity contribution in [2.24, 2.45) is 0 Å². The molecule has 0 saturated carbocycles. The standard InChI is InChI=1S/C15H10ClNO/c16-14-8-11(4-5-15(14)18)12-3-1-2-10-6-7-17-9-13(10)12/h1-9,18H. The first-order chi connectivity index (χ1) is 8.75. The number of pyridine rings is 1. The molecular weight excluding hydrogens is 246 g/mol. The van der Waals surface area contributed by atoms with Gasteiger partial charge >= 0.3 is 0 Å². The summed E-state index contributed by atoms with van der Waals surface area (Å²) < 4.78 is 0. The van der Waals surface area contributed by atoms with E-state index in [0.29, 0.717) is 5.02 Å². The molecule has 0 fully saturated rings. The van der Waals surface area contributed by atoms with Crippen LogP contribution >= 0.6 is 11.6 Å². The van der Waals surface area contributed by atoms with Crippen molar-refractivity contribution in [3.63, 3.8) is 0 Å². The summed E-state index contributed by atoms with van der Waals surface area (Å²) in [5.41, 5.74) is 2.03. The molecule has 0 bridgehead atoms. The van der Waals surface area contributed by atoms with Crippen molar-refractivity contribution < 1.29 is 5.11 Å². The minimum atomic E-state index is 0.0961. The van der Waals surface area contributed by atoms with Crippen LogP contribution in [0, 0.1) is 0 Å². The molecule has 0 saturated heterocycles. The van der Waals surface area contributed by atoms with Gasteiger partial charge in [-0.15, -0.1) is 0 Å². The van der Waals surface area contributed by atoms with Crippen molar-refractivity contribution >= 4 is 22.4 Å². The molecule has 0 aliphatic rings. The van der Waals surface area contributed by atoms with Crippen molar-refractivity contribution in [3.05, 3.63) is 59.9 Å². The lowest BCUT2D eigenvalue weighted by Gasteiger charge is -2.07. The van der Waals surface area contributed by atoms with Gasteiger partial charge in [0, 0.05) is 17.8 Å². The first-order valence-corrected chi connectivity index (χ1v) is 5.95. The lowest BCUT2D eigenvalue weighted by molar-refractivity contribution is 0.475. The Kier molecular flexibility index (Phi) is 2.65. The third-order valence-corrected chi connectivity index (χ3v) is 3.25. The lowest BCUT2D eigenvalue weighted by Crippen LogP contribution is -1.82. The molecule has 1 N–H and O–H groups in total. The highest BCUT2D eigenvalue weighted by atomic mass is 35.5. The third kappa shape index (κ3) is 1.81. The van der Waals surface area contributed by atoms with Crippen LogP contribution in [0.15, 0.2) is 54.9 Å². The zero-order valence-electron chi connectivity index (χ0n) is 9.47. The Hall–Kier alpha value is -2.06. The second kappa shape index (κ2) is 4.31. The van der Waals surface area contributed by atoms with E-state index in [9.17, 15) is 5.11 Å². The number of benzene rings is 2. The van der Waals surface area contributed by atoms with E-state index in [-0.39, 0.29) is 5.75 Å². The van der Waals surface area contributed by atoms with Gasteiger partial charge < -0.3 is 5.11 Å². The summed E-state index contributed by atoms with van der Waals surface area (Å²) in [6, 6.07) is 13.3. The maximum absolute atomic E-state index is 9.46. The molecule has 3 rings (SSSR count). The molecule has 3 heteroatoms. The number of nitrogens with zero attached hydrogens (tertiary/aromatic N) is 1. The van der Waals surface area contributed by atoms with Crippen LogP contribution in [0.2, 0.25) is 5.02 Å². The van der Waals surface area contributed by atoms with Gasteiger partial charge in [0.25, 0.3) is 0 Å². The summed E-state index contributed by atoms with van der Waals surface area (Å²) in [5, 5.41) is 12.0. The summed E-state index contributed by atoms with van der Waals surface area (Å²) in [7, 11) is 0. The summed E-state index contributed by atoms with van der Waals surface area (Å²) in [6.45, 7) is 0. The monoisotopic (exact) mass is 255 g/mol. The van der Waals surface area contributed by atoms with Crippen LogP contribution in [0.1, 0.15) is 0 Å². The molecule has 0 aliphatic heterocycles. The first kappa shape index (κ1) is 11.1. The Bertz CT molecular complexity index is 719. The number of phenols is 1. The van der Waals surface area contributed by atoms with Gasteiger partial charge in [0.15, 0.2) is 0 Å². The van der Waals surface area contributed by atoms with Crippen LogP contribution in [-0.4, -0.2) is 10.1 Å². The largest absolute Gasteiger partial charge is 0.506 e. The van der Waals surface area contributed by atoms with Crippen LogP contribution in [0.25, 0.3) is 21.9 Å². The number of halogens is 1. The minimum Gasteiger partial charge on any atom is -0.506 e. The average Bonchev–Trinajstić information content (AvgIpc) is 2.41. The van der Waals surface area contributed by atoms with E-state index in [0.717, 1.165) is 21.9 Å². The minimum absolute atomic E-state index is 0.0961. The summed E-state index contributed by atoms with van der Waals surface area (Å²) >= 11 is 5.95. The molecule has 0 radical (unpaired) electrons. The topological polar surface area (TPSA) is 33.1 Å². The molecule has 0 atom stereocenters. The van der Waals surface area contributed by atoms with Crippen molar-refractivity contribution in [1.82, 2.24) is 4.98 Å². The normalized spacial score (nSPS) is 10.7. The van der Waals surface area contributed by atoms with E-state index >= 15 is 0 Å². The predicted octanol–water partition coefficient (Wildman–Crippen LogP) is 4.26. The highest BCUT2D eigenvalue weighted by Gasteiger charge is 2.06. The number of phenolic OH excluding ortho intramolecular Hbond substituents is 1. The van der Waals surface area contributed by atoms with Gasteiger partial charge in [-0.3, -0.25) is 4.98 Å². The number of hydrogen-bond acceptors (Lipinski definition) is 2. The molecule has 3 aromatic rings. The highest BCUT2D eigenvalue weighted by molar-refractivity contribution is 6.32. The fourth-order valence-electron chi connectivity index (χ4n) is 2.04. The molecule has 88 valence electrons. The number of rotatable bonds is 1. The van der Waals surface area contributed by atoms with Crippen molar-refractivity contribution in [2.75, 3.05) is 0 Å². The smallest absolute Gasteiger partial charge is 0.134 e. The van der Waals surface area contributed by atoms with Crippen LogP contribution in [0.4, 0.5) is 0 Å². The Morgan fingerprint density at radius 1 is 1.06 bits per heavy atom. The molecule has 0 unspecified atom stereocenters. The summed E-state index contributed by atoms with van der Waals surface area (Å²) in [6.07, 6.45) is 3.61. The van der Waals surface area contributed by atoms with Gasteiger partial charge in [0.2, 0.25) is 0 Å². The molecule has 2 aromatic carbocycles. The zero-order chi connectivity index (χ0) is 12.5. The fourth-order valence-corrected chi connectivity index (χ4v) is 2.22. The molecule has 0 spiro atoms. The van der Waals surface area contributed by atoms with E-state index in [1.54, 1.807) is 18.3 Å². The van der Waals surface area contributed by atoms with Gasteiger partial charge in [0.05, 0.1) is 5.02 Å². The number of fused-ring (bicyclic) bond motifs is 1. The van der Waals surface area contributed by atoms with Crippen molar-refractivity contribution in [1.29, 1.82) is 0 Å².